The second-order valence-electron chi connectivity index (χ2n) is 8.33. The lowest BCUT2D eigenvalue weighted by molar-refractivity contribution is -0.123. The number of carbonyl (C=O) groups is 1. The van der Waals surface area contributed by atoms with Gasteiger partial charge in [-0.25, -0.2) is 12.7 Å². The summed E-state index contributed by atoms with van der Waals surface area (Å²) in [6.45, 7) is 0.536. The summed E-state index contributed by atoms with van der Waals surface area (Å²) in [7, 11) is -0.534. The third kappa shape index (κ3) is 4.29. The van der Waals surface area contributed by atoms with E-state index in [4.69, 9.17) is 0 Å². The fraction of sp³-hybridized carbons (Fsp3) is 0.435. The molecule has 2 aliphatic rings. The van der Waals surface area contributed by atoms with Gasteiger partial charge in [-0.05, 0) is 48.4 Å². The first-order chi connectivity index (χ1) is 14.4. The number of fused-ring (bicyclic) bond motifs is 1. The largest absolute Gasteiger partial charge is 0.351 e. The zero-order valence-electron chi connectivity index (χ0n) is 17.5. The molecule has 1 amide bonds. The molecule has 6 nitrogen and oxygen atoms in total. The maximum Gasteiger partial charge on any atom is 0.242 e. The lowest BCUT2D eigenvalue weighted by Gasteiger charge is -2.29. The Bertz CT molecular complexity index is 1030. The van der Waals surface area contributed by atoms with Crippen molar-refractivity contribution in [3.05, 3.63) is 65.2 Å². The van der Waals surface area contributed by atoms with Crippen molar-refractivity contribution in [1.29, 1.82) is 0 Å². The van der Waals surface area contributed by atoms with Gasteiger partial charge in [0.15, 0.2) is 0 Å². The van der Waals surface area contributed by atoms with Gasteiger partial charge >= 0.3 is 0 Å². The third-order valence-corrected chi connectivity index (χ3v) is 7.97. The second-order valence-corrected chi connectivity index (χ2v) is 10.4. The molecule has 0 aliphatic heterocycles. The first kappa shape index (κ1) is 21.0. The Morgan fingerprint density at radius 3 is 2.47 bits per heavy atom. The van der Waals surface area contributed by atoms with Crippen LogP contribution in [0.5, 0.6) is 0 Å². The average Bonchev–Trinajstić information content (AvgIpc) is 3.49. The van der Waals surface area contributed by atoms with Gasteiger partial charge in [-0.2, -0.15) is 0 Å². The minimum atomic E-state index is -3.56. The summed E-state index contributed by atoms with van der Waals surface area (Å²) in [5.41, 5.74) is 3.33. The summed E-state index contributed by atoms with van der Waals surface area (Å²) in [5, 5.41) is 2.95. The highest BCUT2D eigenvalue weighted by Crippen LogP contribution is 2.41. The van der Waals surface area contributed by atoms with Gasteiger partial charge in [-0.1, -0.05) is 42.5 Å². The first-order valence-corrected chi connectivity index (χ1v) is 11.9. The van der Waals surface area contributed by atoms with Gasteiger partial charge in [0.05, 0.1) is 11.4 Å². The normalized spacial score (nSPS) is 18.6. The molecule has 0 heterocycles. The van der Waals surface area contributed by atoms with Gasteiger partial charge in [-0.15, -0.1) is 0 Å². The molecule has 160 valence electrons. The summed E-state index contributed by atoms with van der Waals surface area (Å²) in [6.07, 6.45) is 4.38. The van der Waals surface area contributed by atoms with E-state index >= 15 is 0 Å². The molecule has 2 aromatic rings. The highest BCUT2D eigenvalue weighted by Gasteiger charge is 2.38. The van der Waals surface area contributed by atoms with Crippen molar-refractivity contribution in [3.63, 3.8) is 0 Å². The Morgan fingerprint density at radius 2 is 1.73 bits per heavy atom. The molecule has 1 unspecified atom stereocenters. The van der Waals surface area contributed by atoms with Crippen molar-refractivity contribution in [2.45, 2.75) is 49.2 Å². The number of sulfonamides is 1. The maximum absolute atomic E-state index is 12.8. The number of amides is 1. The van der Waals surface area contributed by atoms with Gasteiger partial charge in [0.1, 0.15) is 0 Å². The Morgan fingerprint density at radius 1 is 1.03 bits per heavy atom. The van der Waals surface area contributed by atoms with Crippen molar-refractivity contribution in [2.24, 2.45) is 0 Å². The van der Waals surface area contributed by atoms with Gasteiger partial charge in [0.2, 0.25) is 15.9 Å². The topological polar surface area (TPSA) is 69.7 Å². The van der Waals surface area contributed by atoms with Crippen LogP contribution in [0.4, 0.5) is 0 Å². The van der Waals surface area contributed by atoms with E-state index in [1.165, 1.54) is 29.5 Å². The number of nitrogens with zero attached hydrogens (tertiary/aromatic N) is 2. The molecular weight excluding hydrogens is 398 g/mol. The Labute approximate surface area is 178 Å². The van der Waals surface area contributed by atoms with E-state index in [0.29, 0.717) is 24.2 Å². The van der Waals surface area contributed by atoms with E-state index < -0.39 is 10.0 Å². The van der Waals surface area contributed by atoms with E-state index in [9.17, 15) is 13.2 Å². The Hall–Kier alpha value is -2.22. The molecule has 0 aromatic heterocycles. The Kier molecular flexibility index (Phi) is 5.95. The van der Waals surface area contributed by atoms with Crippen molar-refractivity contribution in [3.8, 4) is 0 Å². The molecule has 2 aromatic carbocycles. The maximum atomic E-state index is 12.8. The number of nitrogens with one attached hydrogen (secondary N) is 1. The lowest BCUT2D eigenvalue weighted by Crippen LogP contribution is -2.40. The fourth-order valence-electron chi connectivity index (χ4n) is 4.29. The highest BCUT2D eigenvalue weighted by molar-refractivity contribution is 7.89. The van der Waals surface area contributed by atoms with Crippen molar-refractivity contribution >= 4 is 15.9 Å². The molecule has 2 aliphatic carbocycles. The molecule has 7 heteroatoms. The molecule has 1 saturated carbocycles. The number of carbonyl (C=O) groups excluding carboxylic acids is 1. The van der Waals surface area contributed by atoms with E-state index in [-0.39, 0.29) is 17.3 Å². The standard InChI is InChI=1S/C23H29N3O3S/c1-25(2)30(28,29)22-10-6-4-8-18(22)15-24-23(27)16-26(19-12-13-19)21-14-11-17-7-3-5-9-20(17)21/h3-10,19,21H,11-16H2,1-2H3,(H,24,27). The molecule has 0 spiro atoms. The number of rotatable bonds is 8. The zero-order valence-corrected chi connectivity index (χ0v) is 18.4. The van der Waals surface area contributed by atoms with Crippen LogP contribution < -0.4 is 5.32 Å². The van der Waals surface area contributed by atoms with Gasteiger partial charge in [0.25, 0.3) is 0 Å². The molecular formula is C23H29N3O3S. The molecule has 1 N–H and O–H groups in total. The molecule has 1 fully saturated rings. The first-order valence-electron chi connectivity index (χ1n) is 10.5. The molecule has 1 atom stereocenters. The van der Waals surface area contributed by atoms with E-state index in [1.807, 2.05) is 0 Å². The summed E-state index contributed by atoms with van der Waals surface area (Å²) in [5.74, 6) is -0.0664. The molecule has 0 radical (unpaired) electrons. The monoisotopic (exact) mass is 427 g/mol. The number of hydrogen-bond donors (Lipinski definition) is 1. The van der Waals surface area contributed by atoms with Crippen LogP contribution in [-0.4, -0.2) is 50.2 Å². The van der Waals surface area contributed by atoms with Crippen LogP contribution in [0.3, 0.4) is 0 Å². The van der Waals surface area contributed by atoms with Crippen molar-refractivity contribution < 1.29 is 13.2 Å². The second kappa shape index (κ2) is 8.49. The zero-order chi connectivity index (χ0) is 21.3. The van der Waals surface area contributed by atoms with Crippen molar-refractivity contribution in [1.82, 2.24) is 14.5 Å². The van der Waals surface area contributed by atoms with E-state index in [0.717, 1.165) is 25.7 Å². The van der Waals surface area contributed by atoms with E-state index in [1.54, 1.807) is 24.3 Å². The molecule has 30 heavy (non-hydrogen) atoms. The minimum absolute atomic E-state index is 0.0664. The van der Waals surface area contributed by atoms with Gasteiger partial charge < -0.3 is 5.32 Å². The van der Waals surface area contributed by atoms with Crippen LogP contribution in [0.2, 0.25) is 0 Å². The van der Waals surface area contributed by atoms with Crippen LogP contribution in [-0.2, 0) is 27.8 Å². The average molecular weight is 428 g/mol. The summed E-state index contributed by atoms with van der Waals surface area (Å²) in [6, 6.07) is 16.1. The number of benzene rings is 2. The van der Waals surface area contributed by atoms with Gasteiger partial charge in [0, 0.05) is 32.7 Å². The number of hydrogen-bond acceptors (Lipinski definition) is 4. The van der Waals surface area contributed by atoms with E-state index in [2.05, 4.69) is 34.5 Å². The summed E-state index contributed by atoms with van der Waals surface area (Å²) >= 11 is 0. The molecule has 0 saturated heterocycles. The van der Waals surface area contributed by atoms with Crippen LogP contribution >= 0.6 is 0 Å². The van der Waals surface area contributed by atoms with Crippen LogP contribution in [0.15, 0.2) is 53.4 Å². The Balaban J connectivity index is 1.44. The predicted octanol–water partition coefficient (Wildman–Crippen LogP) is 2.71. The quantitative estimate of drug-likeness (QED) is 0.703. The molecule has 0 bridgehead atoms. The molecule has 4 rings (SSSR count). The SMILES string of the molecule is CN(C)S(=O)(=O)c1ccccc1CNC(=O)CN(C1CC1)C1CCc2ccccc21. The minimum Gasteiger partial charge on any atom is -0.351 e. The fourth-order valence-corrected chi connectivity index (χ4v) is 5.41. The van der Waals surface area contributed by atoms with Gasteiger partial charge in [-0.3, -0.25) is 9.69 Å². The van der Waals surface area contributed by atoms with Crippen LogP contribution in [0.25, 0.3) is 0 Å². The number of aryl methyl sites for hydroxylation is 1. The lowest BCUT2D eigenvalue weighted by atomic mass is 10.1. The summed E-state index contributed by atoms with van der Waals surface area (Å²) < 4.78 is 26.3. The van der Waals surface area contributed by atoms with Crippen LogP contribution in [0, 0.1) is 0 Å². The van der Waals surface area contributed by atoms with Crippen LogP contribution in [0.1, 0.15) is 42.0 Å². The summed E-state index contributed by atoms with van der Waals surface area (Å²) in [4.78, 5) is 15.4. The van der Waals surface area contributed by atoms with Crippen molar-refractivity contribution in [2.75, 3.05) is 20.6 Å². The highest BCUT2D eigenvalue weighted by atomic mass is 32.2. The predicted molar refractivity (Wildman–Crippen MR) is 116 cm³/mol. The smallest absolute Gasteiger partial charge is 0.242 e. The third-order valence-electron chi connectivity index (χ3n) is 6.05.